The Hall–Kier alpha value is -2.73. The zero-order valence-corrected chi connectivity index (χ0v) is 15.9. The summed E-state index contributed by atoms with van der Waals surface area (Å²) in [5.74, 6) is 1.53. The van der Waals surface area contributed by atoms with E-state index in [4.69, 9.17) is 14.2 Å². The van der Waals surface area contributed by atoms with Gasteiger partial charge in [0.2, 0.25) is 0 Å². The Labute approximate surface area is 154 Å². The maximum atomic E-state index is 12.7. The van der Waals surface area contributed by atoms with Gasteiger partial charge in [0, 0.05) is 6.54 Å². The molecule has 1 atom stereocenters. The molecular formula is C20H26N2O4. The van der Waals surface area contributed by atoms with Gasteiger partial charge in [-0.1, -0.05) is 18.2 Å². The first-order valence-corrected chi connectivity index (χ1v) is 8.31. The SMILES string of the molecule is COc1cccc(C(CNC(=O)c2cccc(OC)c2OC)N(C)C)c1. The molecule has 1 unspecified atom stereocenters. The summed E-state index contributed by atoms with van der Waals surface area (Å²) < 4.78 is 15.9. The van der Waals surface area contributed by atoms with Crippen molar-refractivity contribution in [3.8, 4) is 17.2 Å². The highest BCUT2D eigenvalue weighted by atomic mass is 16.5. The number of hydrogen-bond acceptors (Lipinski definition) is 5. The molecule has 0 fully saturated rings. The van der Waals surface area contributed by atoms with E-state index in [0.29, 0.717) is 23.6 Å². The fourth-order valence-corrected chi connectivity index (χ4v) is 2.80. The lowest BCUT2D eigenvalue weighted by atomic mass is 10.1. The largest absolute Gasteiger partial charge is 0.497 e. The van der Waals surface area contributed by atoms with Crippen LogP contribution in [-0.2, 0) is 0 Å². The lowest BCUT2D eigenvalue weighted by molar-refractivity contribution is 0.0938. The molecule has 0 saturated carbocycles. The lowest BCUT2D eigenvalue weighted by Crippen LogP contribution is -2.34. The van der Waals surface area contributed by atoms with Crippen LogP contribution >= 0.6 is 0 Å². The van der Waals surface area contributed by atoms with E-state index in [9.17, 15) is 4.79 Å². The van der Waals surface area contributed by atoms with E-state index in [2.05, 4.69) is 10.2 Å². The van der Waals surface area contributed by atoms with Gasteiger partial charge in [-0.05, 0) is 43.9 Å². The molecule has 0 aliphatic heterocycles. The molecule has 140 valence electrons. The molecule has 26 heavy (non-hydrogen) atoms. The van der Waals surface area contributed by atoms with Crippen molar-refractivity contribution in [2.75, 3.05) is 42.0 Å². The molecule has 0 aromatic heterocycles. The number of carbonyl (C=O) groups is 1. The number of likely N-dealkylation sites (N-methyl/N-ethyl adjacent to an activating group) is 1. The second-order valence-corrected chi connectivity index (χ2v) is 6.01. The highest BCUT2D eigenvalue weighted by molar-refractivity contribution is 5.97. The highest BCUT2D eigenvalue weighted by Crippen LogP contribution is 2.30. The van der Waals surface area contributed by atoms with Gasteiger partial charge in [-0.15, -0.1) is 0 Å². The molecule has 0 aliphatic rings. The van der Waals surface area contributed by atoms with Crippen molar-refractivity contribution in [3.05, 3.63) is 53.6 Å². The number of ether oxygens (including phenoxy) is 3. The van der Waals surface area contributed by atoms with E-state index in [0.717, 1.165) is 11.3 Å². The molecule has 0 radical (unpaired) electrons. The topological polar surface area (TPSA) is 60.0 Å². The van der Waals surface area contributed by atoms with Crippen molar-refractivity contribution in [3.63, 3.8) is 0 Å². The van der Waals surface area contributed by atoms with E-state index in [1.165, 1.54) is 7.11 Å². The predicted molar refractivity (Wildman–Crippen MR) is 101 cm³/mol. The summed E-state index contributed by atoms with van der Waals surface area (Å²) in [6.07, 6.45) is 0. The summed E-state index contributed by atoms with van der Waals surface area (Å²) in [5, 5.41) is 2.99. The van der Waals surface area contributed by atoms with Crippen LogP contribution in [0.5, 0.6) is 17.2 Å². The van der Waals surface area contributed by atoms with Crippen molar-refractivity contribution in [1.29, 1.82) is 0 Å². The average Bonchev–Trinajstić information content (AvgIpc) is 2.67. The Morgan fingerprint density at radius 1 is 1.04 bits per heavy atom. The summed E-state index contributed by atoms with van der Waals surface area (Å²) in [6.45, 7) is 0.444. The van der Waals surface area contributed by atoms with Crippen LogP contribution in [0.15, 0.2) is 42.5 Å². The van der Waals surface area contributed by atoms with Crippen molar-refractivity contribution < 1.29 is 19.0 Å². The number of carbonyl (C=O) groups excluding carboxylic acids is 1. The van der Waals surface area contributed by atoms with E-state index in [1.807, 2.05) is 38.4 Å². The maximum absolute atomic E-state index is 12.7. The molecule has 2 rings (SSSR count). The van der Waals surface area contributed by atoms with Gasteiger partial charge < -0.3 is 24.4 Å². The standard InChI is InChI=1S/C20H26N2O4/c1-22(2)17(14-8-6-9-15(12-14)24-3)13-21-20(23)16-10-7-11-18(25-4)19(16)26-5/h6-12,17H,13H2,1-5H3,(H,21,23). The smallest absolute Gasteiger partial charge is 0.255 e. The Morgan fingerprint density at radius 2 is 1.77 bits per heavy atom. The van der Waals surface area contributed by atoms with E-state index < -0.39 is 0 Å². The van der Waals surface area contributed by atoms with Crippen LogP contribution in [0.1, 0.15) is 22.0 Å². The van der Waals surface area contributed by atoms with Crippen LogP contribution in [0, 0.1) is 0 Å². The van der Waals surface area contributed by atoms with Crippen molar-refractivity contribution >= 4 is 5.91 Å². The highest BCUT2D eigenvalue weighted by Gasteiger charge is 2.20. The number of amides is 1. The molecule has 2 aromatic rings. The lowest BCUT2D eigenvalue weighted by Gasteiger charge is -2.25. The normalized spacial score (nSPS) is 11.8. The summed E-state index contributed by atoms with van der Waals surface area (Å²) in [6, 6.07) is 13.1. The monoisotopic (exact) mass is 358 g/mol. The molecule has 0 bridgehead atoms. The first kappa shape index (κ1) is 19.6. The van der Waals surface area contributed by atoms with Gasteiger partial charge >= 0.3 is 0 Å². The number of rotatable bonds is 8. The number of hydrogen-bond donors (Lipinski definition) is 1. The Balaban J connectivity index is 2.18. The van der Waals surface area contributed by atoms with Crippen molar-refractivity contribution in [2.45, 2.75) is 6.04 Å². The minimum absolute atomic E-state index is 0.00523. The first-order chi connectivity index (χ1) is 12.5. The third-order valence-electron chi connectivity index (χ3n) is 4.21. The van der Waals surface area contributed by atoms with Gasteiger partial charge in [0.05, 0.1) is 32.9 Å². The molecule has 0 saturated heterocycles. The molecule has 6 heteroatoms. The number of nitrogens with zero attached hydrogens (tertiary/aromatic N) is 1. The van der Waals surface area contributed by atoms with E-state index in [-0.39, 0.29) is 11.9 Å². The van der Waals surface area contributed by atoms with E-state index >= 15 is 0 Å². The van der Waals surface area contributed by atoms with Crippen LogP contribution in [0.25, 0.3) is 0 Å². The van der Waals surface area contributed by atoms with Crippen LogP contribution in [0.2, 0.25) is 0 Å². The van der Waals surface area contributed by atoms with E-state index in [1.54, 1.807) is 32.4 Å². The minimum atomic E-state index is -0.213. The molecule has 0 aliphatic carbocycles. The van der Waals surface area contributed by atoms with Gasteiger partial charge in [-0.3, -0.25) is 4.79 Å². The molecule has 0 heterocycles. The quantitative estimate of drug-likeness (QED) is 0.786. The van der Waals surface area contributed by atoms with Gasteiger partial charge in [-0.2, -0.15) is 0 Å². The van der Waals surface area contributed by atoms with Crippen LogP contribution in [0.3, 0.4) is 0 Å². The van der Waals surface area contributed by atoms with Crippen molar-refractivity contribution in [1.82, 2.24) is 10.2 Å². The molecule has 6 nitrogen and oxygen atoms in total. The number of nitrogens with one attached hydrogen (secondary N) is 1. The molecule has 2 aromatic carbocycles. The predicted octanol–water partition coefficient (Wildman–Crippen LogP) is 2.75. The molecule has 1 N–H and O–H groups in total. The second kappa shape index (κ2) is 9.10. The average molecular weight is 358 g/mol. The fraction of sp³-hybridized carbons (Fsp3) is 0.350. The zero-order valence-electron chi connectivity index (χ0n) is 15.9. The molecule has 1 amide bonds. The van der Waals surface area contributed by atoms with Gasteiger partial charge in [0.15, 0.2) is 11.5 Å². The zero-order chi connectivity index (χ0) is 19.1. The summed E-state index contributed by atoms with van der Waals surface area (Å²) >= 11 is 0. The molecular weight excluding hydrogens is 332 g/mol. The third kappa shape index (κ3) is 4.46. The Morgan fingerprint density at radius 3 is 2.38 bits per heavy atom. The van der Waals surface area contributed by atoms with Gasteiger partial charge in [0.1, 0.15) is 5.75 Å². The summed E-state index contributed by atoms with van der Waals surface area (Å²) in [7, 11) is 8.66. The minimum Gasteiger partial charge on any atom is -0.497 e. The van der Waals surface area contributed by atoms with Gasteiger partial charge in [-0.25, -0.2) is 0 Å². The summed E-state index contributed by atoms with van der Waals surface area (Å²) in [4.78, 5) is 14.7. The summed E-state index contributed by atoms with van der Waals surface area (Å²) in [5.41, 5.74) is 1.50. The maximum Gasteiger partial charge on any atom is 0.255 e. The third-order valence-corrected chi connectivity index (χ3v) is 4.21. The van der Waals surface area contributed by atoms with Gasteiger partial charge in [0.25, 0.3) is 5.91 Å². The fourth-order valence-electron chi connectivity index (χ4n) is 2.80. The van der Waals surface area contributed by atoms with Crippen molar-refractivity contribution in [2.24, 2.45) is 0 Å². The molecule has 0 spiro atoms. The van der Waals surface area contributed by atoms with Crippen LogP contribution in [-0.4, -0.2) is 52.8 Å². The Kier molecular flexibility index (Phi) is 6.86. The van der Waals surface area contributed by atoms with Crippen LogP contribution < -0.4 is 19.5 Å². The van der Waals surface area contributed by atoms with Crippen LogP contribution in [0.4, 0.5) is 0 Å². The first-order valence-electron chi connectivity index (χ1n) is 8.31. The Bertz CT molecular complexity index is 746. The number of para-hydroxylation sites is 1. The number of benzene rings is 2. The number of methoxy groups -OCH3 is 3. The second-order valence-electron chi connectivity index (χ2n) is 6.01.